The molecule has 17 heavy (non-hydrogen) atoms. The molecule has 0 aliphatic rings. The van der Waals surface area contributed by atoms with Gasteiger partial charge >= 0.3 is 5.97 Å². The van der Waals surface area contributed by atoms with E-state index in [0.29, 0.717) is 5.01 Å². The molecule has 1 aromatic rings. The number of nitrogens with two attached hydrogens (primary N) is 1. The number of thiazole rings is 1. The van der Waals surface area contributed by atoms with Crippen LogP contribution in [0.15, 0.2) is 5.38 Å². The van der Waals surface area contributed by atoms with Crippen molar-refractivity contribution in [2.75, 3.05) is 0 Å². The molecular weight excluding hydrogens is 242 g/mol. The number of carboxylic acids is 1. The summed E-state index contributed by atoms with van der Waals surface area (Å²) in [5.74, 6) is -1.73. The van der Waals surface area contributed by atoms with E-state index in [-0.39, 0.29) is 18.2 Å². The smallest absolute Gasteiger partial charge is 0.326 e. The molecule has 6 nitrogen and oxygen atoms in total. The molecule has 1 rings (SSSR count). The first-order chi connectivity index (χ1) is 7.95. The maximum atomic E-state index is 11.7. The number of carbonyl (C=O) groups is 2. The maximum Gasteiger partial charge on any atom is 0.326 e. The van der Waals surface area contributed by atoms with E-state index < -0.39 is 17.9 Å². The minimum absolute atomic E-state index is 0.191. The van der Waals surface area contributed by atoms with Gasteiger partial charge in [-0.05, 0) is 5.92 Å². The Labute approximate surface area is 103 Å². The van der Waals surface area contributed by atoms with Crippen LogP contribution in [0.4, 0.5) is 0 Å². The Hall–Kier alpha value is -1.47. The van der Waals surface area contributed by atoms with E-state index in [4.69, 9.17) is 10.8 Å². The van der Waals surface area contributed by atoms with Gasteiger partial charge in [-0.2, -0.15) is 0 Å². The molecule has 0 saturated carbocycles. The largest absolute Gasteiger partial charge is 0.480 e. The van der Waals surface area contributed by atoms with Gasteiger partial charge in [0.1, 0.15) is 16.7 Å². The van der Waals surface area contributed by atoms with Gasteiger partial charge in [0.2, 0.25) is 0 Å². The van der Waals surface area contributed by atoms with Crippen molar-refractivity contribution in [2.24, 2.45) is 11.7 Å². The van der Waals surface area contributed by atoms with Crippen molar-refractivity contribution in [3.63, 3.8) is 0 Å². The lowest BCUT2D eigenvalue weighted by molar-refractivity contribution is -0.140. The van der Waals surface area contributed by atoms with Gasteiger partial charge in [-0.15, -0.1) is 11.3 Å². The third-order valence-corrected chi connectivity index (χ3v) is 3.05. The molecule has 0 spiro atoms. The van der Waals surface area contributed by atoms with Gasteiger partial charge in [-0.3, -0.25) is 4.79 Å². The summed E-state index contributed by atoms with van der Waals surface area (Å²) in [6.45, 7) is 3.72. The summed E-state index contributed by atoms with van der Waals surface area (Å²) in [5, 5.41) is 13.6. The summed E-state index contributed by atoms with van der Waals surface area (Å²) in [4.78, 5) is 26.6. The first-order valence-electron chi connectivity index (χ1n) is 5.13. The van der Waals surface area contributed by atoms with Crippen LogP contribution in [0.5, 0.6) is 0 Å². The topological polar surface area (TPSA) is 105 Å². The van der Waals surface area contributed by atoms with Crippen LogP contribution >= 0.6 is 11.3 Å². The molecule has 7 heteroatoms. The number of hydrogen-bond acceptors (Lipinski definition) is 5. The lowest BCUT2D eigenvalue weighted by atomic mass is 10.0. The Kier molecular flexibility index (Phi) is 4.59. The van der Waals surface area contributed by atoms with E-state index in [9.17, 15) is 9.59 Å². The number of carboxylic acid groups (broad SMARTS) is 1. The van der Waals surface area contributed by atoms with Crippen molar-refractivity contribution in [1.29, 1.82) is 0 Å². The summed E-state index contributed by atoms with van der Waals surface area (Å²) in [7, 11) is 0. The van der Waals surface area contributed by atoms with Crippen molar-refractivity contribution in [2.45, 2.75) is 26.4 Å². The molecule has 0 fully saturated rings. The van der Waals surface area contributed by atoms with Crippen LogP contribution in [-0.4, -0.2) is 28.0 Å². The second kappa shape index (κ2) is 5.74. The van der Waals surface area contributed by atoms with E-state index in [1.807, 2.05) is 0 Å². The van der Waals surface area contributed by atoms with Gasteiger partial charge in [0.25, 0.3) is 5.91 Å². The van der Waals surface area contributed by atoms with Gasteiger partial charge in [-0.1, -0.05) is 13.8 Å². The molecule has 1 heterocycles. The van der Waals surface area contributed by atoms with Crippen molar-refractivity contribution in [3.8, 4) is 0 Å². The number of hydrogen-bond donors (Lipinski definition) is 3. The number of aromatic nitrogens is 1. The summed E-state index contributed by atoms with van der Waals surface area (Å²) < 4.78 is 0. The van der Waals surface area contributed by atoms with Crippen molar-refractivity contribution in [1.82, 2.24) is 10.3 Å². The molecule has 0 bridgehead atoms. The van der Waals surface area contributed by atoms with Crippen LogP contribution in [0.3, 0.4) is 0 Å². The van der Waals surface area contributed by atoms with Gasteiger partial charge in [0.05, 0.1) is 0 Å². The molecule has 0 saturated heterocycles. The molecule has 1 aromatic heterocycles. The second-order valence-electron chi connectivity index (χ2n) is 3.86. The standard InChI is InChI=1S/C10H15N3O3S/c1-5(2)8(10(15)16)13-9(14)6-4-17-7(3-11)12-6/h4-5,8H,3,11H2,1-2H3,(H,13,14)(H,15,16)/t8-/m0/s1. The predicted molar refractivity (Wildman–Crippen MR) is 63.7 cm³/mol. The molecule has 1 amide bonds. The number of aliphatic carboxylic acids is 1. The van der Waals surface area contributed by atoms with Gasteiger partial charge < -0.3 is 16.2 Å². The fourth-order valence-electron chi connectivity index (χ4n) is 1.24. The maximum absolute atomic E-state index is 11.7. The van der Waals surface area contributed by atoms with E-state index in [1.54, 1.807) is 19.2 Å². The molecule has 0 aliphatic heterocycles. The number of rotatable bonds is 5. The van der Waals surface area contributed by atoms with Crippen molar-refractivity contribution in [3.05, 3.63) is 16.1 Å². The third-order valence-electron chi connectivity index (χ3n) is 2.18. The zero-order chi connectivity index (χ0) is 13.0. The Bertz CT molecular complexity index is 417. The monoisotopic (exact) mass is 257 g/mol. The number of amides is 1. The zero-order valence-corrected chi connectivity index (χ0v) is 10.5. The van der Waals surface area contributed by atoms with Crippen LogP contribution in [0.25, 0.3) is 0 Å². The van der Waals surface area contributed by atoms with Crippen molar-refractivity contribution >= 4 is 23.2 Å². The molecule has 0 radical (unpaired) electrons. The third kappa shape index (κ3) is 3.50. The Morgan fingerprint density at radius 3 is 2.65 bits per heavy atom. The molecule has 0 aliphatic carbocycles. The van der Waals surface area contributed by atoms with Gasteiger partial charge in [0.15, 0.2) is 0 Å². The van der Waals surface area contributed by atoms with Crippen LogP contribution in [0.1, 0.15) is 29.3 Å². The summed E-state index contributed by atoms with van der Waals surface area (Å²) in [6, 6.07) is -0.912. The SMILES string of the molecule is CC(C)[C@H](NC(=O)c1csc(CN)n1)C(=O)O. The van der Waals surface area contributed by atoms with Crippen LogP contribution in [-0.2, 0) is 11.3 Å². The first-order valence-corrected chi connectivity index (χ1v) is 6.01. The van der Waals surface area contributed by atoms with Gasteiger partial charge in [0, 0.05) is 11.9 Å². The summed E-state index contributed by atoms with van der Waals surface area (Å²) in [6.07, 6.45) is 0. The van der Waals surface area contributed by atoms with Crippen LogP contribution in [0.2, 0.25) is 0 Å². The molecule has 0 aromatic carbocycles. The average Bonchev–Trinajstić information content (AvgIpc) is 2.73. The number of nitrogens with zero attached hydrogens (tertiary/aromatic N) is 1. The fraction of sp³-hybridized carbons (Fsp3) is 0.500. The molecular formula is C10H15N3O3S. The Morgan fingerprint density at radius 2 is 2.24 bits per heavy atom. The highest BCUT2D eigenvalue weighted by molar-refractivity contribution is 7.09. The average molecular weight is 257 g/mol. The Balaban J connectivity index is 2.73. The minimum atomic E-state index is -1.05. The van der Waals surface area contributed by atoms with Crippen LogP contribution < -0.4 is 11.1 Å². The first kappa shape index (κ1) is 13.6. The number of nitrogens with one attached hydrogen (secondary N) is 1. The lowest BCUT2D eigenvalue weighted by Gasteiger charge is -2.16. The molecule has 94 valence electrons. The fourth-order valence-corrected chi connectivity index (χ4v) is 1.89. The zero-order valence-electron chi connectivity index (χ0n) is 9.64. The second-order valence-corrected chi connectivity index (χ2v) is 4.81. The quantitative estimate of drug-likeness (QED) is 0.710. The highest BCUT2D eigenvalue weighted by Crippen LogP contribution is 2.10. The predicted octanol–water partition coefficient (Wildman–Crippen LogP) is 0.441. The summed E-state index contributed by atoms with van der Waals surface area (Å²) >= 11 is 1.28. The van der Waals surface area contributed by atoms with Crippen LogP contribution in [0, 0.1) is 5.92 Å². The van der Waals surface area contributed by atoms with E-state index >= 15 is 0 Å². The summed E-state index contributed by atoms with van der Waals surface area (Å²) in [5.41, 5.74) is 5.59. The highest BCUT2D eigenvalue weighted by atomic mass is 32.1. The lowest BCUT2D eigenvalue weighted by Crippen LogP contribution is -2.44. The Morgan fingerprint density at radius 1 is 1.59 bits per heavy atom. The molecule has 1 atom stereocenters. The van der Waals surface area contributed by atoms with Gasteiger partial charge in [-0.25, -0.2) is 9.78 Å². The van der Waals surface area contributed by atoms with E-state index in [1.165, 1.54) is 11.3 Å². The minimum Gasteiger partial charge on any atom is -0.480 e. The van der Waals surface area contributed by atoms with Crippen molar-refractivity contribution < 1.29 is 14.7 Å². The molecule has 4 N–H and O–H groups in total. The van der Waals surface area contributed by atoms with E-state index in [0.717, 1.165) is 0 Å². The normalized spacial score (nSPS) is 12.5. The van der Waals surface area contributed by atoms with E-state index in [2.05, 4.69) is 10.3 Å². The number of carbonyl (C=O) groups excluding carboxylic acids is 1. The highest BCUT2D eigenvalue weighted by Gasteiger charge is 2.24. The molecule has 0 unspecified atom stereocenters.